The lowest BCUT2D eigenvalue weighted by molar-refractivity contribution is -0.147. The zero-order chi connectivity index (χ0) is 14.7. The third-order valence-corrected chi connectivity index (χ3v) is 2.48. The minimum Gasteiger partial charge on any atom is -0.480 e. The Balaban J connectivity index is 3.74. The molecule has 0 spiro atoms. The van der Waals surface area contributed by atoms with Gasteiger partial charge in [-0.15, -0.1) is 0 Å². The van der Waals surface area contributed by atoms with E-state index in [0.29, 0.717) is 26.4 Å². The van der Waals surface area contributed by atoms with E-state index in [0.717, 1.165) is 6.42 Å². The molecule has 0 heterocycles. The Morgan fingerprint density at radius 1 is 1.21 bits per heavy atom. The molecule has 0 amide bonds. The maximum Gasteiger partial charge on any atom is 0.326 e. The molecule has 0 aliphatic heterocycles. The Morgan fingerprint density at radius 2 is 1.84 bits per heavy atom. The molecule has 1 atom stereocenters. The zero-order valence-electron chi connectivity index (χ0n) is 12.4. The molecule has 0 aliphatic rings. The second kappa shape index (κ2) is 10.1. The molecule has 0 aromatic heterocycles. The molecule has 0 aromatic carbocycles. The molecule has 0 fully saturated rings. The van der Waals surface area contributed by atoms with Crippen molar-refractivity contribution in [2.45, 2.75) is 38.8 Å². The maximum absolute atomic E-state index is 11.2. The first-order valence-corrected chi connectivity index (χ1v) is 6.58. The van der Waals surface area contributed by atoms with Crippen molar-refractivity contribution < 1.29 is 24.1 Å². The molecule has 114 valence electrons. The van der Waals surface area contributed by atoms with Gasteiger partial charge in [0.2, 0.25) is 0 Å². The van der Waals surface area contributed by atoms with Gasteiger partial charge >= 0.3 is 5.97 Å². The fourth-order valence-electron chi connectivity index (χ4n) is 1.60. The van der Waals surface area contributed by atoms with Crippen molar-refractivity contribution in [3.63, 3.8) is 0 Å². The fourth-order valence-corrected chi connectivity index (χ4v) is 1.60. The molecule has 1 unspecified atom stereocenters. The number of hydrogen-bond donors (Lipinski definition) is 2. The maximum atomic E-state index is 11.2. The van der Waals surface area contributed by atoms with Crippen LogP contribution in [0.3, 0.4) is 0 Å². The van der Waals surface area contributed by atoms with Gasteiger partial charge in [-0.25, -0.2) is 0 Å². The fraction of sp³-hybridized carbons (Fsp3) is 0.923. The minimum atomic E-state index is -1.07. The summed E-state index contributed by atoms with van der Waals surface area (Å²) in [4.78, 5) is 11.2. The molecular formula is C13H27NO5. The van der Waals surface area contributed by atoms with E-state index in [1.54, 1.807) is 14.0 Å². The van der Waals surface area contributed by atoms with Crippen LogP contribution in [0.4, 0.5) is 0 Å². The van der Waals surface area contributed by atoms with Crippen molar-refractivity contribution in [1.29, 1.82) is 0 Å². The third-order valence-electron chi connectivity index (χ3n) is 2.48. The Morgan fingerprint density at radius 3 is 2.37 bits per heavy atom. The van der Waals surface area contributed by atoms with Gasteiger partial charge in [0.1, 0.15) is 5.54 Å². The monoisotopic (exact) mass is 277 g/mol. The second-order valence-electron chi connectivity index (χ2n) is 4.95. The quantitative estimate of drug-likeness (QED) is 0.516. The SMILES string of the molecule is COCCCOCCOCC(C)(NC(C)C)C(=O)O. The summed E-state index contributed by atoms with van der Waals surface area (Å²) in [6, 6.07) is 0.0787. The predicted octanol–water partition coefficient (Wildman–Crippen LogP) is 0.897. The number of ether oxygens (including phenoxy) is 3. The Bertz CT molecular complexity index is 247. The first-order chi connectivity index (χ1) is 8.92. The van der Waals surface area contributed by atoms with Crippen LogP contribution >= 0.6 is 0 Å². The first kappa shape index (κ1) is 18.3. The lowest BCUT2D eigenvalue weighted by Gasteiger charge is -2.28. The summed E-state index contributed by atoms with van der Waals surface area (Å²) in [5.74, 6) is -0.915. The summed E-state index contributed by atoms with van der Waals surface area (Å²) in [5, 5.41) is 12.2. The number of methoxy groups -OCH3 is 1. The number of nitrogens with one attached hydrogen (secondary N) is 1. The Kier molecular flexibility index (Phi) is 9.77. The smallest absolute Gasteiger partial charge is 0.326 e. The molecule has 6 nitrogen and oxygen atoms in total. The van der Waals surface area contributed by atoms with Crippen LogP contribution in [0.5, 0.6) is 0 Å². The molecule has 0 radical (unpaired) electrons. The van der Waals surface area contributed by atoms with Crippen molar-refractivity contribution in [3.05, 3.63) is 0 Å². The molecule has 0 saturated carbocycles. The van der Waals surface area contributed by atoms with Crippen LogP contribution < -0.4 is 5.32 Å². The Labute approximate surface area is 115 Å². The topological polar surface area (TPSA) is 77.0 Å². The lowest BCUT2D eigenvalue weighted by atomic mass is 10.0. The van der Waals surface area contributed by atoms with Crippen LogP contribution in [0, 0.1) is 0 Å². The number of carboxylic acids is 1. The summed E-state index contributed by atoms with van der Waals surface area (Å²) in [6.45, 7) is 7.68. The van der Waals surface area contributed by atoms with Gasteiger partial charge in [0.15, 0.2) is 0 Å². The van der Waals surface area contributed by atoms with Crippen molar-refractivity contribution >= 4 is 5.97 Å². The third kappa shape index (κ3) is 8.93. The summed E-state index contributed by atoms with van der Waals surface area (Å²) in [6.07, 6.45) is 0.845. The molecule has 0 rings (SSSR count). The molecule has 6 heteroatoms. The molecule has 19 heavy (non-hydrogen) atoms. The van der Waals surface area contributed by atoms with Gasteiger partial charge < -0.3 is 19.3 Å². The van der Waals surface area contributed by atoms with Gasteiger partial charge in [-0.3, -0.25) is 10.1 Å². The largest absolute Gasteiger partial charge is 0.480 e. The molecule has 2 N–H and O–H groups in total. The first-order valence-electron chi connectivity index (χ1n) is 6.58. The summed E-state index contributed by atoms with van der Waals surface area (Å²) in [7, 11) is 1.65. The highest BCUT2D eigenvalue weighted by Crippen LogP contribution is 2.06. The van der Waals surface area contributed by atoms with E-state index in [9.17, 15) is 9.90 Å². The molecular weight excluding hydrogens is 250 g/mol. The van der Waals surface area contributed by atoms with Gasteiger partial charge in [0.25, 0.3) is 0 Å². The summed E-state index contributed by atoms with van der Waals surface area (Å²) >= 11 is 0. The molecule has 0 aliphatic carbocycles. The number of carboxylic acid groups (broad SMARTS) is 1. The van der Waals surface area contributed by atoms with Crippen LogP contribution in [0.1, 0.15) is 27.2 Å². The van der Waals surface area contributed by atoms with Crippen LogP contribution in [0.15, 0.2) is 0 Å². The van der Waals surface area contributed by atoms with E-state index in [1.807, 2.05) is 13.8 Å². The normalized spacial score (nSPS) is 14.6. The van der Waals surface area contributed by atoms with Crippen molar-refractivity contribution in [2.24, 2.45) is 0 Å². The van der Waals surface area contributed by atoms with Gasteiger partial charge in [0, 0.05) is 26.4 Å². The number of hydrogen-bond acceptors (Lipinski definition) is 5. The van der Waals surface area contributed by atoms with E-state index >= 15 is 0 Å². The van der Waals surface area contributed by atoms with E-state index in [2.05, 4.69) is 5.32 Å². The molecule has 0 aromatic rings. The van der Waals surface area contributed by atoms with Crippen molar-refractivity contribution in [2.75, 3.05) is 40.1 Å². The highest BCUT2D eigenvalue weighted by Gasteiger charge is 2.33. The number of aliphatic carboxylic acids is 1. The lowest BCUT2D eigenvalue weighted by Crippen LogP contribution is -2.55. The van der Waals surface area contributed by atoms with Gasteiger partial charge in [-0.1, -0.05) is 0 Å². The molecule has 0 bridgehead atoms. The van der Waals surface area contributed by atoms with Gasteiger partial charge in [0.05, 0.1) is 19.8 Å². The molecule has 0 saturated heterocycles. The second-order valence-corrected chi connectivity index (χ2v) is 4.95. The summed E-state index contributed by atoms with van der Waals surface area (Å²) in [5.41, 5.74) is -1.07. The van der Waals surface area contributed by atoms with E-state index in [1.165, 1.54) is 0 Å². The van der Waals surface area contributed by atoms with Crippen LogP contribution in [-0.4, -0.2) is 62.8 Å². The number of carbonyl (C=O) groups is 1. The van der Waals surface area contributed by atoms with Crippen molar-refractivity contribution in [3.8, 4) is 0 Å². The van der Waals surface area contributed by atoms with Crippen LogP contribution in [0.2, 0.25) is 0 Å². The van der Waals surface area contributed by atoms with Crippen LogP contribution in [0.25, 0.3) is 0 Å². The van der Waals surface area contributed by atoms with E-state index in [-0.39, 0.29) is 12.6 Å². The van der Waals surface area contributed by atoms with Gasteiger partial charge in [-0.2, -0.15) is 0 Å². The average molecular weight is 277 g/mol. The van der Waals surface area contributed by atoms with Gasteiger partial charge in [-0.05, 0) is 27.2 Å². The van der Waals surface area contributed by atoms with E-state index < -0.39 is 11.5 Å². The van der Waals surface area contributed by atoms with Crippen molar-refractivity contribution in [1.82, 2.24) is 5.32 Å². The zero-order valence-corrected chi connectivity index (χ0v) is 12.4. The summed E-state index contributed by atoms with van der Waals surface area (Å²) < 4.78 is 15.6. The highest BCUT2D eigenvalue weighted by atomic mass is 16.5. The average Bonchev–Trinajstić information content (AvgIpc) is 2.31. The predicted molar refractivity (Wildman–Crippen MR) is 72.4 cm³/mol. The minimum absolute atomic E-state index is 0.0787. The number of rotatable bonds is 12. The standard InChI is InChI=1S/C13H27NO5/c1-11(2)14-13(3,12(15)16)10-19-9-8-18-7-5-6-17-4/h11,14H,5-10H2,1-4H3,(H,15,16). The highest BCUT2D eigenvalue weighted by molar-refractivity contribution is 5.78. The van der Waals surface area contributed by atoms with Crippen LogP contribution in [-0.2, 0) is 19.0 Å². The Hall–Kier alpha value is -0.690. The van der Waals surface area contributed by atoms with E-state index in [4.69, 9.17) is 14.2 Å².